The molecule has 0 bridgehead atoms. The molecule has 1 N–H and O–H groups in total. The number of nitrogens with one attached hydrogen (secondary N) is 1. The molecule has 7 heteroatoms. The van der Waals surface area contributed by atoms with E-state index in [4.69, 9.17) is 0 Å². The van der Waals surface area contributed by atoms with Crippen molar-refractivity contribution in [2.24, 2.45) is 0 Å². The molecule has 104 valence electrons. The molecule has 2 rings (SSSR count). The summed E-state index contributed by atoms with van der Waals surface area (Å²) in [6, 6.07) is 4.14. The van der Waals surface area contributed by atoms with Gasteiger partial charge in [0.15, 0.2) is 11.6 Å². The fourth-order valence-electron chi connectivity index (χ4n) is 1.52. The average Bonchev–Trinajstić information content (AvgIpc) is 2.33. The van der Waals surface area contributed by atoms with Crippen LogP contribution in [-0.4, -0.2) is 5.91 Å². The van der Waals surface area contributed by atoms with Crippen molar-refractivity contribution >= 4 is 27.5 Å². The first-order chi connectivity index (χ1) is 9.38. The number of carbonyl (C=O) groups excluding carboxylic acids is 1. The molecule has 2 aromatic carbocycles. The zero-order valence-corrected chi connectivity index (χ0v) is 11.3. The van der Waals surface area contributed by atoms with Gasteiger partial charge in [0.2, 0.25) is 0 Å². The summed E-state index contributed by atoms with van der Waals surface area (Å²) in [5, 5.41) is 1.91. The Kier molecular flexibility index (Phi) is 4.08. The van der Waals surface area contributed by atoms with E-state index in [2.05, 4.69) is 15.9 Å². The smallest absolute Gasteiger partial charge is 0.258 e. The first-order valence-corrected chi connectivity index (χ1v) is 6.08. The Hall–Kier alpha value is -1.89. The molecule has 0 saturated heterocycles. The van der Waals surface area contributed by atoms with Crippen LogP contribution in [0.2, 0.25) is 0 Å². The van der Waals surface area contributed by atoms with Crippen LogP contribution in [0, 0.1) is 23.3 Å². The summed E-state index contributed by atoms with van der Waals surface area (Å²) in [6.07, 6.45) is 0. The lowest BCUT2D eigenvalue weighted by atomic mass is 10.2. The van der Waals surface area contributed by atoms with E-state index in [-0.39, 0.29) is 4.47 Å². The average molecular weight is 348 g/mol. The Morgan fingerprint density at radius 2 is 1.55 bits per heavy atom. The number of benzene rings is 2. The maximum Gasteiger partial charge on any atom is 0.258 e. The van der Waals surface area contributed by atoms with Crippen molar-refractivity contribution < 1.29 is 22.4 Å². The summed E-state index contributed by atoms with van der Waals surface area (Å²) in [5.74, 6) is -5.11. The molecular formula is C13H6BrF4NO. The van der Waals surface area contributed by atoms with Gasteiger partial charge in [0, 0.05) is 10.5 Å². The van der Waals surface area contributed by atoms with Gasteiger partial charge in [-0.05, 0) is 24.3 Å². The predicted octanol–water partition coefficient (Wildman–Crippen LogP) is 4.26. The molecule has 20 heavy (non-hydrogen) atoms. The minimum absolute atomic E-state index is 0.151. The number of rotatable bonds is 2. The monoisotopic (exact) mass is 347 g/mol. The first-order valence-electron chi connectivity index (χ1n) is 5.29. The molecule has 0 fully saturated rings. The van der Waals surface area contributed by atoms with E-state index < -0.39 is 40.4 Å². The zero-order chi connectivity index (χ0) is 14.9. The highest BCUT2D eigenvalue weighted by atomic mass is 79.9. The van der Waals surface area contributed by atoms with Crippen molar-refractivity contribution in [3.05, 3.63) is 63.6 Å². The van der Waals surface area contributed by atoms with E-state index >= 15 is 0 Å². The molecule has 0 atom stereocenters. The van der Waals surface area contributed by atoms with Crippen LogP contribution in [0.1, 0.15) is 10.4 Å². The van der Waals surface area contributed by atoms with E-state index in [9.17, 15) is 22.4 Å². The SMILES string of the molecule is O=C(Nc1c(F)cc(Br)cc1F)c1ccc(F)cc1F. The summed E-state index contributed by atoms with van der Waals surface area (Å²) in [7, 11) is 0. The molecule has 2 nitrogen and oxygen atoms in total. The van der Waals surface area contributed by atoms with E-state index in [0.717, 1.165) is 24.3 Å². The molecule has 0 aliphatic rings. The van der Waals surface area contributed by atoms with Gasteiger partial charge in [-0.2, -0.15) is 0 Å². The van der Waals surface area contributed by atoms with Crippen molar-refractivity contribution in [1.82, 2.24) is 0 Å². The third kappa shape index (κ3) is 2.98. The molecule has 0 aromatic heterocycles. The van der Waals surface area contributed by atoms with Crippen LogP contribution in [0.25, 0.3) is 0 Å². The van der Waals surface area contributed by atoms with E-state index in [1.54, 1.807) is 0 Å². The molecule has 0 spiro atoms. The highest BCUT2D eigenvalue weighted by Crippen LogP contribution is 2.24. The fraction of sp³-hybridized carbons (Fsp3) is 0. The fourth-order valence-corrected chi connectivity index (χ4v) is 1.92. The minimum atomic E-state index is -1.12. The Labute approximate surface area is 119 Å². The summed E-state index contributed by atoms with van der Waals surface area (Å²) >= 11 is 2.88. The standard InChI is InChI=1S/C13H6BrF4NO/c14-6-3-10(17)12(11(18)4-6)19-13(20)8-2-1-7(15)5-9(8)16/h1-5H,(H,19,20). The van der Waals surface area contributed by atoms with Crippen molar-refractivity contribution in [3.63, 3.8) is 0 Å². The van der Waals surface area contributed by atoms with Crippen LogP contribution in [-0.2, 0) is 0 Å². The Bertz CT molecular complexity index is 667. The molecule has 0 unspecified atom stereocenters. The third-order valence-corrected chi connectivity index (χ3v) is 2.88. The molecular weight excluding hydrogens is 342 g/mol. The Morgan fingerprint density at radius 3 is 2.10 bits per heavy atom. The lowest BCUT2D eigenvalue weighted by molar-refractivity contribution is 0.102. The van der Waals surface area contributed by atoms with Crippen molar-refractivity contribution in [3.8, 4) is 0 Å². The van der Waals surface area contributed by atoms with Crippen molar-refractivity contribution in [2.75, 3.05) is 5.32 Å². The Morgan fingerprint density at radius 1 is 0.950 bits per heavy atom. The molecule has 0 saturated carbocycles. The molecule has 1 amide bonds. The maximum atomic E-state index is 13.5. The maximum absolute atomic E-state index is 13.5. The highest BCUT2D eigenvalue weighted by molar-refractivity contribution is 9.10. The summed E-state index contributed by atoms with van der Waals surface area (Å²) in [5.41, 5.74) is -1.23. The minimum Gasteiger partial charge on any atom is -0.317 e. The lowest BCUT2D eigenvalue weighted by Gasteiger charge is -2.08. The molecule has 2 aromatic rings. The number of hydrogen-bond donors (Lipinski definition) is 1. The molecule has 0 aliphatic heterocycles. The van der Waals surface area contributed by atoms with Crippen LogP contribution in [0.3, 0.4) is 0 Å². The van der Waals surface area contributed by atoms with Gasteiger partial charge in [-0.1, -0.05) is 15.9 Å². The third-order valence-electron chi connectivity index (χ3n) is 2.42. The molecule has 0 aliphatic carbocycles. The molecule has 0 radical (unpaired) electrons. The topological polar surface area (TPSA) is 29.1 Å². The number of anilines is 1. The number of hydrogen-bond acceptors (Lipinski definition) is 1. The number of halogens is 5. The van der Waals surface area contributed by atoms with E-state index in [1.165, 1.54) is 0 Å². The van der Waals surface area contributed by atoms with Crippen molar-refractivity contribution in [1.29, 1.82) is 0 Å². The van der Waals surface area contributed by atoms with Crippen LogP contribution in [0.15, 0.2) is 34.8 Å². The van der Waals surface area contributed by atoms with E-state index in [1.807, 2.05) is 5.32 Å². The summed E-state index contributed by atoms with van der Waals surface area (Å²) in [4.78, 5) is 11.7. The van der Waals surface area contributed by atoms with Gasteiger partial charge in [0.25, 0.3) is 5.91 Å². The van der Waals surface area contributed by atoms with Crippen molar-refractivity contribution in [2.45, 2.75) is 0 Å². The number of carbonyl (C=O) groups is 1. The van der Waals surface area contributed by atoms with Crippen LogP contribution < -0.4 is 5.32 Å². The second-order valence-corrected chi connectivity index (χ2v) is 4.74. The molecule has 0 heterocycles. The van der Waals surface area contributed by atoms with Gasteiger partial charge in [0.05, 0.1) is 5.56 Å². The van der Waals surface area contributed by atoms with Gasteiger partial charge in [0.1, 0.15) is 17.3 Å². The van der Waals surface area contributed by atoms with Gasteiger partial charge in [-0.3, -0.25) is 4.79 Å². The van der Waals surface area contributed by atoms with Gasteiger partial charge >= 0.3 is 0 Å². The van der Waals surface area contributed by atoms with E-state index in [0.29, 0.717) is 6.07 Å². The van der Waals surface area contributed by atoms with Crippen LogP contribution in [0.5, 0.6) is 0 Å². The Balaban J connectivity index is 2.33. The van der Waals surface area contributed by atoms with Gasteiger partial charge in [-0.15, -0.1) is 0 Å². The van der Waals surface area contributed by atoms with Crippen LogP contribution in [0.4, 0.5) is 23.2 Å². The highest BCUT2D eigenvalue weighted by Gasteiger charge is 2.17. The lowest BCUT2D eigenvalue weighted by Crippen LogP contribution is -2.16. The van der Waals surface area contributed by atoms with Crippen LogP contribution >= 0.6 is 15.9 Å². The predicted molar refractivity (Wildman–Crippen MR) is 68.4 cm³/mol. The van der Waals surface area contributed by atoms with Gasteiger partial charge in [-0.25, -0.2) is 17.6 Å². The normalized spacial score (nSPS) is 10.4. The number of amides is 1. The second kappa shape index (κ2) is 5.62. The second-order valence-electron chi connectivity index (χ2n) is 3.82. The zero-order valence-electron chi connectivity index (χ0n) is 9.68. The summed E-state index contributed by atoms with van der Waals surface area (Å²) < 4.78 is 53.3. The van der Waals surface area contributed by atoms with Gasteiger partial charge < -0.3 is 5.32 Å². The summed E-state index contributed by atoms with van der Waals surface area (Å²) in [6.45, 7) is 0. The quantitative estimate of drug-likeness (QED) is 0.808. The largest absolute Gasteiger partial charge is 0.317 e. The first kappa shape index (κ1) is 14.5.